The van der Waals surface area contributed by atoms with Crippen LogP contribution in [0.3, 0.4) is 0 Å². The maximum absolute atomic E-state index is 13.1. The van der Waals surface area contributed by atoms with E-state index in [9.17, 15) is 40.5 Å². The lowest BCUT2D eigenvalue weighted by Gasteiger charge is -2.40. The highest BCUT2D eigenvalue weighted by molar-refractivity contribution is 5.80. The SMILES string of the molecule is CCCCCCCCCCCCCCCC/C=C/CCCC(O)C(O)C(COC1OC(CO)C(O)C(O)C1O)NC(=O)C(O)CCCCCCCCCCCCCCCCCCCCC. The van der Waals surface area contributed by atoms with Gasteiger partial charge < -0.3 is 50.5 Å². The van der Waals surface area contributed by atoms with Gasteiger partial charge in [-0.1, -0.05) is 231 Å². The van der Waals surface area contributed by atoms with Crippen LogP contribution in [0.5, 0.6) is 0 Å². The molecule has 1 heterocycles. The third-order valence-corrected chi connectivity index (χ3v) is 13.6. The fourth-order valence-electron chi connectivity index (χ4n) is 9.03. The molecule has 1 rings (SSSR count). The molecule has 1 aliphatic rings. The number of aliphatic hydroxyl groups excluding tert-OH is 7. The molecule has 9 unspecified atom stereocenters. The van der Waals surface area contributed by atoms with E-state index in [4.69, 9.17) is 9.47 Å². The van der Waals surface area contributed by atoms with Crippen LogP contribution in [-0.4, -0.2) is 110 Å². The summed E-state index contributed by atoms with van der Waals surface area (Å²) >= 11 is 0. The van der Waals surface area contributed by atoms with Crippen LogP contribution < -0.4 is 5.32 Å². The highest BCUT2D eigenvalue weighted by atomic mass is 16.7. The molecule has 1 fully saturated rings. The summed E-state index contributed by atoms with van der Waals surface area (Å²) in [5.41, 5.74) is 0. The normalized spacial score (nSPS) is 20.9. The molecule has 11 heteroatoms. The number of ether oxygens (including phenoxy) is 2. The van der Waals surface area contributed by atoms with Crippen molar-refractivity contribution in [1.82, 2.24) is 5.32 Å². The molecule has 0 bridgehead atoms. The van der Waals surface area contributed by atoms with Gasteiger partial charge in [-0.25, -0.2) is 0 Å². The van der Waals surface area contributed by atoms with E-state index in [-0.39, 0.29) is 12.8 Å². The summed E-state index contributed by atoms with van der Waals surface area (Å²) in [4.78, 5) is 13.1. The minimum absolute atomic E-state index is 0.259. The van der Waals surface area contributed by atoms with Gasteiger partial charge >= 0.3 is 0 Å². The van der Waals surface area contributed by atoms with Crippen LogP contribution in [0.4, 0.5) is 0 Å². The van der Waals surface area contributed by atoms with Gasteiger partial charge in [-0.3, -0.25) is 4.79 Å². The Morgan fingerprint density at radius 1 is 0.523 bits per heavy atom. The summed E-state index contributed by atoms with van der Waals surface area (Å²) in [5, 5.41) is 76.0. The van der Waals surface area contributed by atoms with Gasteiger partial charge in [-0.15, -0.1) is 0 Å². The van der Waals surface area contributed by atoms with Crippen molar-refractivity contribution in [3.63, 3.8) is 0 Å². The molecular weight excluding hydrogens is 823 g/mol. The second kappa shape index (κ2) is 44.1. The van der Waals surface area contributed by atoms with E-state index in [1.165, 1.54) is 180 Å². The predicted octanol–water partition coefficient (Wildman–Crippen LogP) is 10.8. The lowest BCUT2D eigenvalue weighted by atomic mass is 9.98. The number of carbonyl (C=O) groups excluding carboxylic acids is 1. The van der Waals surface area contributed by atoms with Crippen LogP contribution in [-0.2, 0) is 14.3 Å². The summed E-state index contributed by atoms with van der Waals surface area (Å²) in [7, 11) is 0. The smallest absolute Gasteiger partial charge is 0.249 e. The Morgan fingerprint density at radius 3 is 1.32 bits per heavy atom. The first-order valence-corrected chi connectivity index (χ1v) is 27.6. The Bertz CT molecular complexity index is 1060. The minimum Gasteiger partial charge on any atom is -0.394 e. The largest absolute Gasteiger partial charge is 0.394 e. The quantitative estimate of drug-likeness (QED) is 0.0215. The third kappa shape index (κ3) is 33.1. The number of rotatable bonds is 47. The maximum Gasteiger partial charge on any atom is 0.249 e. The zero-order valence-electron chi connectivity index (χ0n) is 42.0. The third-order valence-electron chi connectivity index (χ3n) is 13.6. The lowest BCUT2D eigenvalue weighted by molar-refractivity contribution is -0.303. The van der Waals surface area contributed by atoms with Gasteiger partial charge in [0.1, 0.15) is 36.6 Å². The number of allylic oxidation sites excluding steroid dienone is 2. The van der Waals surface area contributed by atoms with Crippen LogP contribution in [0.1, 0.15) is 258 Å². The fourth-order valence-corrected chi connectivity index (χ4v) is 9.03. The first-order valence-electron chi connectivity index (χ1n) is 27.6. The first kappa shape index (κ1) is 61.9. The number of hydrogen-bond donors (Lipinski definition) is 8. The molecule has 1 saturated heterocycles. The molecule has 8 N–H and O–H groups in total. The molecule has 0 aromatic heterocycles. The molecule has 0 aromatic carbocycles. The standard InChI is InChI=1S/C54H105NO10/c1-3-5-7-9-11-13-15-17-19-21-23-25-27-29-31-33-35-37-39-41-46(57)49(59)45(44-64-54-52(62)51(61)50(60)48(43-56)65-54)55-53(63)47(58)42-40-38-36-34-32-30-28-26-24-22-20-18-16-14-12-10-8-6-4-2/h33,35,45-52,54,56-62H,3-32,34,36-44H2,1-2H3,(H,55,63)/b35-33+. The van der Waals surface area contributed by atoms with E-state index in [0.717, 1.165) is 38.5 Å². The topological polar surface area (TPSA) is 189 Å². The average molecular weight is 928 g/mol. The molecule has 9 atom stereocenters. The van der Waals surface area contributed by atoms with Gasteiger partial charge in [-0.05, 0) is 38.5 Å². The Hall–Kier alpha value is -1.15. The van der Waals surface area contributed by atoms with E-state index in [1.807, 2.05) is 0 Å². The fraction of sp³-hybridized carbons (Fsp3) is 0.944. The Labute approximate surface area is 398 Å². The zero-order chi connectivity index (χ0) is 47.6. The molecule has 0 aliphatic carbocycles. The van der Waals surface area contributed by atoms with Crippen molar-refractivity contribution in [2.75, 3.05) is 13.2 Å². The monoisotopic (exact) mass is 928 g/mol. The highest BCUT2D eigenvalue weighted by Gasteiger charge is 2.44. The average Bonchev–Trinajstić information content (AvgIpc) is 3.31. The summed E-state index contributed by atoms with van der Waals surface area (Å²) in [6.45, 7) is 3.47. The Kier molecular flexibility index (Phi) is 42.0. The number of aliphatic hydroxyl groups is 7. The number of unbranched alkanes of at least 4 members (excludes halogenated alkanes) is 33. The first-order chi connectivity index (χ1) is 31.7. The molecule has 0 radical (unpaired) electrons. The molecule has 1 aliphatic heterocycles. The van der Waals surface area contributed by atoms with Crippen LogP contribution in [0, 0.1) is 0 Å². The molecule has 11 nitrogen and oxygen atoms in total. The van der Waals surface area contributed by atoms with Crippen LogP contribution >= 0.6 is 0 Å². The van der Waals surface area contributed by atoms with Gasteiger partial charge in [0.05, 0.1) is 25.4 Å². The zero-order valence-corrected chi connectivity index (χ0v) is 42.0. The summed E-state index contributed by atoms with van der Waals surface area (Å²) in [6.07, 6.45) is 38.3. The maximum atomic E-state index is 13.1. The van der Waals surface area contributed by atoms with Crippen molar-refractivity contribution in [3.05, 3.63) is 12.2 Å². The van der Waals surface area contributed by atoms with E-state index in [0.29, 0.717) is 12.8 Å². The number of hydrogen-bond acceptors (Lipinski definition) is 10. The molecule has 0 saturated carbocycles. The molecule has 1 amide bonds. The van der Waals surface area contributed by atoms with Crippen molar-refractivity contribution in [2.24, 2.45) is 0 Å². The van der Waals surface area contributed by atoms with Gasteiger partial charge in [-0.2, -0.15) is 0 Å². The van der Waals surface area contributed by atoms with Crippen molar-refractivity contribution in [1.29, 1.82) is 0 Å². The van der Waals surface area contributed by atoms with Gasteiger partial charge in [0, 0.05) is 0 Å². The van der Waals surface area contributed by atoms with E-state index in [1.54, 1.807) is 0 Å². The summed E-state index contributed by atoms with van der Waals surface area (Å²) in [6, 6.07) is -1.18. The van der Waals surface area contributed by atoms with Gasteiger partial charge in [0.2, 0.25) is 5.91 Å². The molecule has 0 spiro atoms. The summed E-state index contributed by atoms with van der Waals surface area (Å²) in [5.74, 6) is -0.701. The van der Waals surface area contributed by atoms with Gasteiger partial charge in [0.25, 0.3) is 0 Å². The van der Waals surface area contributed by atoms with E-state index >= 15 is 0 Å². The van der Waals surface area contributed by atoms with Crippen LogP contribution in [0.2, 0.25) is 0 Å². The number of carbonyl (C=O) groups is 1. The van der Waals surface area contributed by atoms with E-state index in [2.05, 4.69) is 31.3 Å². The molecule has 0 aromatic rings. The van der Waals surface area contributed by atoms with Crippen LogP contribution in [0.25, 0.3) is 0 Å². The second-order valence-corrected chi connectivity index (χ2v) is 19.7. The molecular formula is C54H105NO10. The Morgan fingerprint density at radius 2 is 0.908 bits per heavy atom. The molecule has 386 valence electrons. The summed E-state index contributed by atoms with van der Waals surface area (Å²) < 4.78 is 11.1. The molecule has 65 heavy (non-hydrogen) atoms. The van der Waals surface area contributed by atoms with Crippen molar-refractivity contribution < 1.29 is 50.0 Å². The van der Waals surface area contributed by atoms with Crippen molar-refractivity contribution >= 4 is 5.91 Å². The van der Waals surface area contributed by atoms with Crippen LogP contribution in [0.15, 0.2) is 12.2 Å². The van der Waals surface area contributed by atoms with Crippen molar-refractivity contribution in [3.8, 4) is 0 Å². The second-order valence-electron chi connectivity index (χ2n) is 19.7. The van der Waals surface area contributed by atoms with Gasteiger partial charge in [0.15, 0.2) is 6.29 Å². The predicted molar refractivity (Wildman–Crippen MR) is 266 cm³/mol. The van der Waals surface area contributed by atoms with Crippen molar-refractivity contribution in [2.45, 2.75) is 313 Å². The number of nitrogens with one attached hydrogen (secondary N) is 1. The number of amides is 1. The van der Waals surface area contributed by atoms with E-state index < -0.39 is 74.2 Å². The highest BCUT2D eigenvalue weighted by Crippen LogP contribution is 2.23. The minimum atomic E-state index is -1.66. The lowest BCUT2D eigenvalue weighted by Crippen LogP contribution is -2.60. The Balaban J connectivity index is 2.36.